The van der Waals surface area contributed by atoms with Crippen molar-refractivity contribution in [3.05, 3.63) is 60.4 Å². The number of ether oxygens (including phenoxy) is 2. The van der Waals surface area contributed by atoms with Crippen LogP contribution in [0.15, 0.2) is 60.0 Å². The Morgan fingerprint density at radius 1 is 1.13 bits per heavy atom. The maximum absolute atomic E-state index is 13.0. The minimum absolute atomic E-state index is 0.0904. The van der Waals surface area contributed by atoms with Crippen molar-refractivity contribution in [1.29, 1.82) is 0 Å². The van der Waals surface area contributed by atoms with Gasteiger partial charge in [0.1, 0.15) is 17.8 Å². The topological polar surface area (TPSA) is 69.5 Å². The summed E-state index contributed by atoms with van der Waals surface area (Å²) in [7, 11) is 3.30. The van der Waals surface area contributed by atoms with Crippen LogP contribution in [0.25, 0.3) is 5.69 Å². The zero-order chi connectivity index (χ0) is 20.9. The second-order valence-electron chi connectivity index (χ2n) is 6.99. The Balaban J connectivity index is 1.44. The highest BCUT2D eigenvalue weighted by molar-refractivity contribution is 7.99. The molecule has 0 aliphatic carbocycles. The molecular weight excluding hydrogens is 400 g/mol. The van der Waals surface area contributed by atoms with E-state index in [1.165, 1.54) is 11.8 Å². The van der Waals surface area contributed by atoms with E-state index in [4.69, 9.17) is 9.47 Å². The minimum atomic E-state index is 0.0904. The highest BCUT2D eigenvalue weighted by atomic mass is 32.2. The van der Waals surface area contributed by atoms with Gasteiger partial charge >= 0.3 is 0 Å². The lowest BCUT2D eigenvalue weighted by Gasteiger charge is -2.25. The van der Waals surface area contributed by atoms with E-state index in [0.29, 0.717) is 10.9 Å². The van der Waals surface area contributed by atoms with Crippen molar-refractivity contribution in [1.82, 2.24) is 19.7 Å². The van der Waals surface area contributed by atoms with E-state index in [1.807, 2.05) is 51.9 Å². The lowest BCUT2D eigenvalue weighted by molar-refractivity contribution is -0.129. The van der Waals surface area contributed by atoms with E-state index >= 15 is 0 Å². The smallest absolute Gasteiger partial charge is 0.233 e. The van der Waals surface area contributed by atoms with Crippen LogP contribution in [0.4, 0.5) is 0 Å². The van der Waals surface area contributed by atoms with Gasteiger partial charge in [-0.1, -0.05) is 23.9 Å². The summed E-state index contributed by atoms with van der Waals surface area (Å²) in [6, 6.07) is 15.7. The van der Waals surface area contributed by atoms with Crippen LogP contribution >= 0.6 is 11.8 Å². The number of thioether (sulfide) groups is 1. The summed E-state index contributed by atoms with van der Waals surface area (Å²) in [6.07, 6.45) is 3.62. The van der Waals surface area contributed by atoms with Gasteiger partial charge in [-0.25, -0.2) is 0 Å². The Morgan fingerprint density at radius 2 is 1.93 bits per heavy atom. The van der Waals surface area contributed by atoms with E-state index < -0.39 is 0 Å². The average molecular weight is 425 g/mol. The van der Waals surface area contributed by atoms with Crippen molar-refractivity contribution in [3.63, 3.8) is 0 Å². The van der Waals surface area contributed by atoms with Gasteiger partial charge in [-0.05, 0) is 54.8 Å². The van der Waals surface area contributed by atoms with Crippen molar-refractivity contribution in [3.8, 4) is 17.2 Å². The lowest BCUT2D eigenvalue weighted by atomic mass is 10.0. The van der Waals surface area contributed by atoms with Crippen molar-refractivity contribution in [2.45, 2.75) is 24.0 Å². The van der Waals surface area contributed by atoms with Gasteiger partial charge in [-0.3, -0.25) is 9.36 Å². The van der Waals surface area contributed by atoms with E-state index in [1.54, 1.807) is 20.5 Å². The third-order valence-corrected chi connectivity index (χ3v) is 6.17. The van der Waals surface area contributed by atoms with Crippen molar-refractivity contribution in [2.75, 3.05) is 26.5 Å². The van der Waals surface area contributed by atoms with Crippen LogP contribution < -0.4 is 9.47 Å². The zero-order valence-corrected chi connectivity index (χ0v) is 17.8. The van der Waals surface area contributed by atoms with Gasteiger partial charge in [0.2, 0.25) is 5.91 Å². The molecule has 1 amide bonds. The first kappa shape index (κ1) is 20.3. The minimum Gasteiger partial charge on any atom is -0.497 e. The first-order valence-corrected chi connectivity index (χ1v) is 10.8. The van der Waals surface area contributed by atoms with E-state index in [-0.39, 0.29) is 11.9 Å². The number of rotatable bonds is 7. The number of methoxy groups -OCH3 is 2. The summed E-state index contributed by atoms with van der Waals surface area (Å²) in [5, 5.41) is 8.90. The van der Waals surface area contributed by atoms with Crippen molar-refractivity contribution < 1.29 is 14.3 Å². The first-order chi connectivity index (χ1) is 14.7. The number of carbonyl (C=O) groups excluding carboxylic acids is 1. The Kier molecular flexibility index (Phi) is 6.23. The molecule has 1 fully saturated rings. The van der Waals surface area contributed by atoms with E-state index in [9.17, 15) is 4.79 Å². The molecule has 2 heterocycles. The number of hydrogen-bond donors (Lipinski definition) is 0. The highest BCUT2D eigenvalue weighted by Crippen LogP contribution is 2.34. The van der Waals surface area contributed by atoms with Crippen molar-refractivity contribution >= 4 is 17.7 Å². The highest BCUT2D eigenvalue weighted by Gasteiger charge is 2.30. The summed E-state index contributed by atoms with van der Waals surface area (Å²) in [5.41, 5.74) is 2.04. The molecule has 0 spiro atoms. The fourth-order valence-corrected chi connectivity index (χ4v) is 4.53. The second kappa shape index (κ2) is 9.21. The van der Waals surface area contributed by atoms with Crippen LogP contribution in [0.2, 0.25) is 0 Å². The molecule has 1 aromatic heterocycles. The molecular formula is C22H24N4O3S. The molecule has 1 aliphatic rings. The summed E-state index contributed by atoms with van der Waals surface area (Å²) in [4.78, 5) is 15.0. The Hall–Kier alpha value is -3.00. The molecule has 8 heteroatoms. The SMILES string of the molecule is COc1ccc(-n2cnnc2SCC(=O)N2CCC[C@@H]2c2cccc(OC)c2)cc1. The maximum Gasteiger partial charge on any atom is 0.233 e. The van der Waals surface area contributed by atoms with Crippen LogP contribution in [0, 0.1) is 0 Å². The zero-order valence-electron chi connectivity index (χ0n) is 17.0. The predicted molar refractivity (Wildman–Crippen MR) is 115 cm³/mol. The van der Waals surface area contributed by atoms with Gasteiger partial charge in [0, 0.05) is 12.2 Å². The number of hydrogen-bond acceptors (Lipinski definition) is 6. The number of likely N-dealkylation sites (tertiary alicyclic amines) is 1. The van der Waals surface area contributed by atoms with Crippen LogP contribution in [0.3, 0.4) is 0 Å². The molecule has 1 aliphatic heterocycles. The molecule has 0 saturated carbocycles. The molecule has 4 rings (SSSR count). The Morgan fingerprint density at radius 3 is 2.70 bits per heavy atom. The number of aromatic nitrogens is 3. The fourth-order valence-electron chi connectivity index (χ4n) is 3.71. The van der Waals surface area contributed by atoms with Gasteiger partial charge in [0.25, 0.3) is 0 Å². The van der Waals surface area contributed by atoms with Gasteiger partial charge < -0.3 is 14.4 Å². The molecule has 1 atom stereocenters. The lowest BCUT2D eigenvalue weighted by Crippen LogP contribution is -2.32. The monoisotopic (exact) mass is 424 g/mol. The third kappa shape index (κ3) is 4.28. The first-order valence-electron chi connectivity index (χ1n) is 9.80. The van der Waals surface area contributed by atoms with E-state index in [2.05, 4.69) is 16.3 Å². The normalized spacial score (nSPS) is 15.9. The summed E-state index contributed by atoms with van der Waals surface area (Å²) in [5.74, 6) is 2.02. The number of nitrogens with zero attached hydrogens (tertiary/aromatic N) is 4. The van der Waals surface area contributed by atoms with Gasteiger partial charge in [0.05, 0.1) is 26.0 Å². The van der Waals surface area contributed by atoms with Gasteiger partial charge in [0.15, 0.2) is 5.16 Å². The van der Waals surface area contributed by atoms with Crippen LogP contribution in [-0.4, -0.2) is 52.1 Å². The third-order valence-electron chi connectivity index (χ3n) is 5.24. The largest absolute Gasteiger partial charge is 0.497 e. The van der Waals surface area contributed by atoms with Crippen LogP contribution in [0.1, 0.15) is 24.4 Å². The summed E-state index contributed by atoms with van der Waals surface area (Å²) in [6.45, 7) is 0.770. The molecule has 0 radical (unpaired) electrons. The molecule has 0 unspecified atom stereocenters. The molecule has 7 nitrogen and oxygen atoms in total. The van der Waals surface area contributed by atoms with Gasteiger partial charge in [-0.2, -0.15) is 0 Å². The summed E-state index contributed by atoms with van der Waals surface area (Å²) >= 11 is 1.40. The average Bonchev–Trinajstić information content (AvgIpc) is 3.47. The quantitative estimate of drug-likeness (QED) is 0.538. The Bertz CT molecular complexity index is 1010. The number of benzene rings is 2. The molecule has 156 valence electrons. The summed E-state index contributed by atoms with van der Waals surface area (Å²) < 4.78 is 12.4. The Labute approximate surface area is 180 Å². The fraction of sp³-hybridized carbons (Fsp3) is 0.318. The molecule has 0 N–H and O–H groups in total. The molecule has 1 saturated heterocycles. The number of carbonyl (C=O) groups is 1. The van der Waals surface area contributed by atoms with Crippen LogP contribution in [0.5, 0.6) is 11.5 Å². The van der Waals surface area contributed by atoms with E-state index in [0.717, 1.165) is 42.1 Å². The van der Waals surface area contributed by atoms with Crippen molar-refractivity contribution in [2.24, 2.45) is 0 Å². The molecule has 30 heavy (non-hydrogen) atoms. The number of amides is 1. The van der Waals surface area contributed by atoms with Crippen LogP contribution in [-0.2, 0) is 4.79 Å². The predicted octanol–water partition coefficient (Wildman–Crippen LogP) is 3.74. The van der Waals surface area contributed by atoms with Gasteiger partial charge in [-0.15, -0.1) is 10.2 Å². The second-order valence-corrected chi connectivity index (χ2v) is 7.93. The maximum atomic E-state index is 13.0. The molecule has 2 aromatic carbocycles. The molecule has 0 bridgehead atoms. The standard InChI is InChI=1S/C22H24N4O3S/c1-28-18-10-8-17(9-11-18)26-15-23-24-22(26)30-14-21(27)25-12-4-7-20(25)16-5-3-6-19(13-16)29-2/h3,5-6,8-11,13,15,20H,4,7,12,14H2,1-2H3/t20-/m1/s1. The molecule has 3 aromatic rings.